The Morgan fingerprint density at radius 2 is 1.65 bits per heavy atom. The Morgan fingerprint density at radius 1 is 1.04 bits per heavy atom. The van der Waals surface area contributed by atoms with Gasteiger partial charge in [-0.15, -0.1) is 0 Å². The van der Waals surface area contributed by atoms with Crippen molar-refractivity contribution in [2.24, 2.45) is 5.92 Å². The van der Waals surface area contributed by atoms with E-state index in [4.69, 9.17) is 14.2 Å². The summed E-state index contributed by atoms with van der Waals surface area (Å²) in [4.78, 5) is 26.3. The summed E-state index contributed by atoms with van der Waals surface area (Å²) in [5.41, 5.74) is 0. The van der Waals surface area contributed by atoms with Crippen molar-refractivity contribution >= 4 is 11.9 Å². The highest BCUT2D eigenvalue weighted by molar-refractivity contribution is 5.80. The molecule has 1 rings (SSSR count). The molecule has 134 valence electrons. The summed E-state index contributed by atoms with van der Waals surface area (Å²) >= 11 is 0. The van der Waals surface area contributed by atoms with Crippen molar-refractivity contribution in [3.8, 4) is 0 Å². The average Bonchev–Trinajstić information content (AvgIpc) is 2.55. The first-order valence-corrected chi connectivity index (χ1v) is 8.79. The molecule has 0 amide bonds. The van der Waals surface area contributed by atoms with Crippen LogP contribution in [-0.2, 0) is 23.8 Å². The van der Waals surface area contributed by atoms with Crippen LogP contribution in [0.25, 0.3) is 0 Å². The van der Waals surface area contributed by atoms with E-state index >= 15 is 0 Å². The summed E-state index contributed by atoms with van der Waals surface area (Å²) in [6, 6.07) is 0. The van der Waals surface area contributed by atoms with Crippen LogP contribution in [0.2, 0.25) is 0 Å². The third kappa shape index (κ3) is 8.91. The van der Waals surface area contributed by atoms with Gasteiger partial charge in [0.25, 0.3) is 0 Å². The predicted molar refractivity (Wildman–Crippen MR) is 87.1 cm³/mol. The molecule has 23 heavy (non-hydrogen) atoms. The quantitative estimate of drug-likeness (QED) is 0.427. The Morgan fingerprint density at radius 3 is 2.26 bits per heavy atom. The fourth-order valence-electron chi connectivity index (χ4n) is 2.34. The summed E-state index contributed by atoms with van der Waals surface area (Å²) in [7, 11) is 0. The third-order valence-electron chi connectivity index (χ3n) is 3.83. The van der Waals surface area contributed by atoms with Gasteiger partial charge in [-0.2, -0.15) is 0 Å². The zero-order valence-corrected chi connectivity index (χ0v) is 14.6. The number of hydrogen-bond acceptors (Lipinski definition) is 6. The Kier molecular flexibility index (Phi) is 10.6. The van der Waals surface area contributed by atoms with Crippen molar-refractivity contribution in [1.29, 1.82) is 0 Å². The molecule has 1 fully saturated rings. The van der Waals surface area contributed by atoms with Crippen LogP contribution in [0.5, 0.6) is 0 Å². The first-order chi connectivity index (χ1) is 11.2. The molecule has 0 radical (unpaired) electrons. The summed E-state index contributed by atoms with van der Waals surface area (Å²) in [6.07, 6.45) is 3.73. The zero-order chi connectivity index (χ0) is 16.9. The van der Waals surface area contributed by atoms with E-state index in [-0.39, 0.29) is 18.4 Å². The van der Waals surface area contributed by atoms with E-state index < -0.39 is 5.92 Å². The number of carbonyl (C=O) groups excluding carboxylic acids is 2. The zero-order valence-electron chi connectivity index (χ0n) is 14.6. The molecule has 0 aromatic carbocycles. The molecule has 6 heteroatoms. The van der Waals surface area contributed by atoms with E-state index in [1.807, 2.05) is 13.8 Å². The SMILES string of the molecule is CCCCOC(=O)CC(CN1CCOCC1)C(=O)OCCCC. The summed E-state index contributed by atoms with van der Waals surface area (Å²) in [5.74, 6) is -1.07. The second kappa shape index (κ2) is 12.3. The van der Waals surface area contributed by atoms with Crippen LogP contribution >= 0.6 is 0 Å². The summed E-state index contributed by atoms with van der Waals surface area (Å²) in [5, 5.41) is 0. The molecule has 1 atom stereocenters. The van der Waals surface area contributed by atoms with Crippen LogP contribution in [0.1, 0.15) is 46.0 Å². The third-order valence-corrected chi connectivity index (χ3v) is 3.83. The first kappa shape index (κ1) is 19.9. The molecular weight excluding hydrogens is 298 g/mol. The molecule has 1 saturated heterocycles. The number of ether oxygens (including phenoxy) is 3. The Hall–Kier alpha value is -1.14. The van der Waals surface area contributed by atoms with Crippen LogP contribution in [0.15, 0.2) is 0 Å². The highest BCUT2D eigenvalue weighted by Crippen LogP contribution is 2.12. The van der Waals surface area contributed by atoms with Gasteiger partial charge in [0.05, 0.1) is 38.8 Å². The minimum Gasteiger partial charge on any atom is -0.466 e. The number of nitrogens with zero attached hydrogens (tertiary/aromatic N) is 1. The average molecular weight is 329 g/mol. The number of esters is 2. The number of hydrogen-bond donors (Lipinski definition) is 0. The largest absolute Gasteiger partial charge is 0.466 e. The maximum Gasteiger partial charge on any atom is 0.310 e. The van der Waals surface area contributed by atoms with Crippen molar-refractivity contribution in [3.63, 3.8) is 0 Å². The Labute approximate surface area is 139 Å². The minimum atomic E-state index is -0.459. The summed E-state index contributed by atoms with van der Waals surface area (Å²) in [6.45, 7) is 8.34. The molecule has 1 aliphatic rings. The lowest BCUT2D eigenvalue weighted by atomic mass is 10.0. The molecule has 1 aliphatic heterocycles. The van der Waals surface area contributed by atoms with Crippen LogP contribution < -0.4 is 0 Å². The lowest BCUT2D eigenvalue weighted by Crippen LogP contribution is -2.42. The molecule has 0 bridgehead atoms. The Balaban J connectivity index is 2.48. The lowest BCUT2D eigenvalue weighted by Gasteiger charge is -2.29. The van der Waals surface area contributed by atoms with Crippen LogP contribution in [-0.4, -0.2) is 62.9 Å². The van der Waals surface area contributed by atoms with Crippen molar-refractivity contribution in [3.05, 3.63) is 0 Å². The standard InChI is InChI=1S/C17H31NO5/c1-3-5-9-22-16(19)13-15(17(20)23-10-6-4-2)14-18-7-11-21-12-8-18/h15H,3-14H2,1-2H3. The van der Waals surface area contributed by atoms with Gasteiger partial charge in [0.1, 0.15) is 0 Å². The van der Waals surface area contributed by atoms with Gasteiger partial charge in [0.15, 0.2) is 0 Å². The highest BCUT2D eigenvalue weighted by Gasteiger charge is 2.27. The molecule has 0 saturated carbocycles. The van der Waals surface area contributed by atoms with E-state index in [1.165, 1.54) is 0 Å². The lowest BCUT2D eigenvalue weighted by molar-refractivity contribution is -0.156. The van der Waals surface area contributed by atoms with Gasteiger partial charge in [0, 0.05) is 19.6 Å². The van der Waals surface area contributed by atoms with Crippen molar-refractivity contribution < 1.29 is 23.8 Å². The molecule has 1 heterocycles. The van der Waals surface area contributed by atoms with E-state index in [9.17, 15) is 9.59 Å². The van der Waals surface area contributed by atoms with Gasteiger partial charge < -0.3 is 14.2 Å². The molecule has 1 unspecified atom stereocenters. The Bertz CT molecular complexity index is 342. The summed E-state index contributed by atoms with van der Waals surface area (Å²) < 4.78 is 15.8. The number of morpholine rings is 1. The predicted octanol–water partition coefficient (Wildman–Crippen LogP) is 2.01. The molecule has 6 nitrogen and oxygen atoms in total. The minimum absolute atomic E-state index is 0.0893. The molecule has 0 aromatic rings. The molecule has 0 N–H and O–H groups in total. The number of unbranched alkanes of at least 4 members (excludes halogenated alkanes) is 2. The van der Waals surface area contributed by atoms with Gasteiger partial charge in [-0.25, -0.2) is 0 Å². The number of rotatable bonds is 11. The van der Waals surface area contributed by atoms with Gasteiger partial charge in [-0.05, 0) is 12.8 Å². The van der Waals surface area contributed by atoms with Gasteiger partial charge in [-0.1, -0.05) is 26.7 Å². The van der Waals surface area contributed by atoms with Crippen LogP contribution in [0, 0.1) is 5.92 Å². The van der Waals surface area contributed by atoms with E-state index in [0.717, 1.165) is 38.8 Å². The van der Waals surface area contributed by atoms with E-state index in [2.05, 4.69) is 4.90 Å². The van der Waals surface area contributed by atoms with E-state index in [1.54, 1.807) is 0 Å². The van der Waals surface area contributed by atoms with Crippen molar-refractivity contribution in [2.45, 2.75) is 46.0 Å². The second-order valence-electron chi connectivity index (χ2n) is 5.91. The van der Waals surface area contributed by atoms with Crippen molar-refractivity contribution in [2.75, 3.05) is 46.1 Å². The first-order valence-electron chi connectivity index (χ1n) is 8.79. The molecule has 0 aliphatic carbocycles. The molecular formula is C17H31NO5. The second-order valence-corrected chi connectivity index (χ2v) is 5.91. The fraction of sp³-hybridized carbons (Fsp3) is 0.882. The molecule has 0 aromatic heterocycles. The smallest absolute Gasteiger partial charge is 0.310 e. The monoisotopic (exact) mass is 329 g/mol. The maximum absolute atomic E-state index is 12.3. The normalized spacial score (nSPS) is 16.8. The van der Waals surface area contributed by atoms with Gasteiger partial charge in [0.2, 0.25) is 0 Å². The van der Waals surface area contributed by atoms with Gasteiger partial charge in [-0.3, -0.25) is 14.5 Å². The van der Waals surface area contributed by atoms with E-state index in [0.29, 0.717) is 33.0 Å². The molecule has 0 spiro atoms. The van der Waals surface area contributed by atoms with Gasteiger partial charge >= 0.3 is 11.9 Å². The fourth-order valence-corrected chi connectivity index (χ4v) is 2.34. The highest BCUT2D eigenvalue weighted by atomic mass is 16.5. The van der Waals surface area contributed by atoms with Crippen LogP contribution in [0.4, 0.5) is 0 Å². The topological polar surface area (TPSA) is 65.1 Å². The van der Waals surface area contributed by atoms with Crippen molar-refractivity contribution in [1.82, 2.24) is 4.90 Å². The van der Waals surface area contributed by atoms with Crippen LogP contribution in [0.3, 0.4) is 0 Å². The maximum atomic E-state index is 12.3. The number of carbonyl (C=O) groups is 2.